The van der Waals surface area contributed by atoms with Crippen molar-refractivity contribution >= 4 is 46.9 Å². The summed E-state index contributed by atoms with van der Waals surface area (Å²) in [6.07, 6.45) is -6.20. The molecule has 8 atom stereocenters. The number of alkyl halides is 6. The predicted molar refractivity (Wildman–Crippen MR) is 169 cm³/mol. The Hall–Kier alpha value is -5.10. The molecule has 2 aromatic rings. The Bertz CT molecular complexity index is 1940. The fourth-order valence-corrected chi connectivity index (χ4v) is 8.36. The summed E-state index contributed by atoms with van der Waals surface area (Å²) in [6.45, 7) is 2.03. The number of carbonyl (C=O) groups excluding carboxylic acids is 6. The highest BCUT2D eigenvalue weighted by molar-refractivity contribution is 6.24. The SMILES string of the molecule is CC(=O)OCC12C=CC(O1)[C@@H]1C(=O)N(c3cccc(C(F)(F)F)c3)C(=O)[C@@H]12.CC(=O)OCC12CCC(O1)[C@H]1C(=O)N(c3cccc(C(F)(F)F)c3)C(=O)[C@H]12. The largest absolute Gasteiger partial charge is 0.463 e. The molecule has 6 heterocycles. The number of imide groups is 2. The number of hydrogen-bond donors (Lipinski definition) is 0. The molecule has 2 aromatic carbocycles. The van der Waals surface area contributed by atoms with Crippen LogP contribution in [0.2, 0.25) is 0 Å². The van der Waals surface area contributed by atoms with Crippen LogP contribution in [-0.2, 0) is 60.1 Å². The number of anilines is 2. The second kappa shape index (κ2) is 12.8. The number of esters is 2. The Morgan fingerprint density at radius 1 is 0.741 bits per heavy atom. The Balaban J connectivity index is 0.000000167. The van der Waals surface area contributed by atoms with Gasteiger partial charge in [-0.3, -0.25) is 28.8 Å². The molecule has 4 bridgehead atoms. The van der Waals surface area contributed by atoms with Gasteiger partial charge >= 0.3 is 24.3 Å². The summed E-state index contributed by atoms with van der Waals surface area (Å²) in [5.74, 6) is -7.01. The molecule has 6 aliphatic heterocycles. The van der Waals surface area contributed by atoms with Crippen molar-refractivity contribution in [3.05, 3.63) is 71.8 Å². The molecule has 8 rings (SSSR count). The van der Waals surface area contributed by atoms with Gasteiger partial charge < -0.3 is 18.9 Å². The zero-order valence-corrected chi connectivity index (χ0v) is 28.3. The molecule has 5 saturated heterocycles. The summed E-state index contributed by atoms with van der Waals surface area (Å²) in [7, 11) is 0. The van der Waals surface area contributed by atoms with Gasteiger partial charge in [0.15, 0.2) is 0 Å². The summed E-state index contributed by atoms with van der Waals surface area (Å²) < 4.78 is 99.6. The van der Waals surface area contributed by atoms with Crippen LogP contribution in [0, 0.1) is 23.7 Å². The predicted octanol–water partition coefficient (Wildman–Crippen LogP) is 4.39. The molecular weight excluding hydrogens is 734 g/mol. The van der Waals surface area contributed by atoms with Crippen molar-refractivity contribution < 1.29 is 74.1 Å². The normalized spacial score (nSPS) is 31.9. The molecule has 5 fully saturated rings. The van der Waals surface area contributed by atoms with Gasteiger partial charge in [0.2, 0.25) is 23.6 Å². The van der Waals surface area contributed by atoms with Gasteiger partial charge in [-0.05, 0) is 55.3 Å². The lowest BCUT2D eigenvalue weighted by Gasteiger charge is -2.30. The lowest BCUT2D eigenvalue weighted by molar-refractivity contribution is -0.153. The van der Waals surface area contributed by atoms with E-state index in [-0.39, 0.29) is 24.6 Å². The maximum Gasteiger partial charge on any atom is 0.416 e. The van der Waals surface area contributed by atoms with Crippen LogP contribution >= 0.6 is 0 Å². The number of halogens is 6. The van der Waals surface area contributed by atoms with Gasteiger partial charge in [-0.15, -0.1) is 0 Å². The van der Waals surface area contributed by atoms with Crippen molar-refractivity contribution in [2.45, 2.75) is 62.5 Å². The number of benzene rings is 2. The zero-order chi connectivity index (χ0) is 39.1. The second-order valence-electron chi connectivity index (χ2n) is 13.8. The first-order valence-electron chi connectivity index (χ1n) is 16.7. The molecule has 0 aliphatic carbocycles. The van der Waals surface area contributed by atoms with Crippen LogP contribution < -0.4 is 9.80 Å². The van der Waals surface area contributed by atoms with E-state index in [9.17, 15) is 55.1 Å². The van der Waals surface area contributed by atoms with Gasteiger partial charge in [0.25, 0.3) is 0 Å². The van der Waals surface area contributed by atoms with Crippen molar-refractivity contribution in [3.63, 3.8) is 0 Å². The molecule has 4 amide bonds. The summed E-state index contributed by atoms with van der Waals surface area (Å²) in [4.78, 5) is 75.6. The molecule has 6 aliphatic rings. The zero-order valence-electron chi connectivity index (χ0n) is 28.3. The van der Waals surface area contributed by atoms with E-state index in [2.05, 4.69) is 0 Å². The Kier molecular flexibility index (Phi) is 8.79. The molecule has 0 aromatic heterocycles. The van der Waals surface area contributed by atoms with Crippen LogP contribution in [-0.4, -0.2) is 72.2 Å². The summed E-state index contributed by atoms with van der Waals surface area (Å²) in [5, 5.41) is 0. The highest BCUT2D eigenvalue weighted by atomic mass is 19.4. The summed E-state index contributed by atoms with van der Waals surface area (Å²) in [6, 6.07) is 8.19. The van der Waals surface area contributed by atoms with E-state index in [1.54, 1.807) is 12.2 Å². The molecule has 54 heavy (non-hydrogen) atoms. The Morgan fingerprint density at radius 3 is 1.80 bits per heavy atom. The number of hydrogen-bond acceptors (Lipinski definition) is 10. The monoisotopic (exact) mass is 764 g/mol. The number of ether oxygens (including phenoxy) is 4. The molecule has 12 nitrogen and oxygen atoms in total. The first kappa shape index (κ1) is 37.2. The number of carbonyl (C=O) groups is 6. The minimum Gasteiger partial charge on any atom is -0.463 e. The lowest BCUT2D eigenvalue weighted by Crippen LogP contribution is -2.45. The van der Waals surface area contributed by atoms with E-state index in [0.29, 0.717) is 12.8 Å². The second-order valence-corrected chi connectivity index (χ2v) is 13.8. The third-order valence-corrected chi connectivity index (χ3v) is 10.6. The average molecular weight is 765 g/mol. The maximum atomic E-state index is 13.0. The third kappa shape index (κ3) is 5.95. The van der Waals surface area contributed by atoms with Gasteiger partial charge in [0, 0.05) is 13.8 Å². The Morgan fingerprint density at radius 2 is 1.26 bits per heavy atom. The van der Waals surface area contributed by atoms with Crippen molar-refractivity contribution in [3.8, 4) is 0 Å². The van der Waals surface area contributed by atoms with Crippen LogP contribution in [0.5, 0.6) is 0 Å². The van der Waals surface area contributed by atoms with E-state index in [1.807, 2.05) is 0 Å². The maximum absolute atomic E-state index is 13.0. The van der Waals surface area contributed by atoms with Crippen LogP contribution in [0.4, 0.5) is 37.7 Å². The number of fused-ring (bicyclic) bond motifs is 10. The molecule has 4 unspecified atom stereocenters. The fraction of sp³-hybridized carbons (Fsp3) is 0.444. The van der Waals surface area contributed by atoms with E-state index < -0.39 is 106 Å². The first-order chi connectivity index (χ1) is 25.3. The summed E-state index contributed by atoms with van der Waals surface area (Å²) in [5.41, 5.74) is -4.52. The van der Waals surface area contributed by atoms with Crippen molar-refractivity contribution in [1.82, 2.24) is 0 Å². The van der Waals surface area contributed by atoms with Crippen LogP contribution in [0.1, 0.15) is 37.8 Å². The van der Waals surface area contributed by atoms with Crippen molar-refractivity contribution in [1.29, 1.82) is 0 Å². The number of nitrogens with zero attached hydrogens (tertiary/aromatic N) is 2. The number of rotatable bonds is 6. The van der Waals surface area contributed by atoms with E-state index >= 15 is 0 Å². The third-order valence-electron chi connectivity index (χ3n) is 10.6. The van der Waals surface area contributed by atoms with E-state index in [4.69, 9.17) is 18.9 Å². The highest BCUT2D eigenvalue weighted by Crippen LogP contribution is 2.56. The summed E-state index contributed by atoms with van der Waals surface area (Å²) >= 11 is 0. The minimum atomic E-state index is -4.60. The smallest absolute Gasteiger partial charge is 0.416 e. The van der Waals surface area contributed by atoms with Crippen LogP contribution in [0.15, 0.2) is 60.7 Å². The van der Waals surface area contributed by atoms with Gasteiger partial charge in [0.05, 0.1) is 58.4 Å². The highest BCUT2D eigenvalue weighted by Gasteiger charge is 2.70. The van der Waals surface area contributed by atoms with Crippen LogP contribution in [0.3, 0.4) is 0 Å². The molecule has 18 heteroatoms. The molecule has 0 spiro atoms. The van der Waals surface area contributed by atoms with E-state index in [1.165, 1.54) is 26.0 Å². The molecule has 0 saturated carbocycles. The van der Waals surface area contributed by atoms with Gasteiger partial charge in [-0.2, -0.15) is 26.3 Å². The van der Waals surface area contributed by atoms with Gasteiger partial charge in [-0.25, -0.2) is 9.80 Å². The molecule has 0 radical (unpaired) electrons. The van der Waals surface area contributed by atoms with Crippen molar-refractivity contribution in [2.24, 2.45) is 23.7 Å². The standard InChI is InChI=1S/C18H16F3NO5.C18H14F3NO5/c2*1-9(23)26-8-17-6-5-12(27-17)13-14(17)16(25)22(15(13)24)11-4-2-3-10(7-11)18(19,20)21/h2-4,7,12-14H,5-6,8H2,1H3;2-7,12-14H,8H2,1H3/t2*12?,13-,14+,17?/m10/s1. The number of amides is 4. The Labute approximate surface area is 301 Å². The molecule has 286 valence electrons. The molecular formula is C36H30F6N2O10. The van der Waals surface area contributed by atoms with Crippen molar-refractivity contribution in [2.75, 3.05) is 23.0 Å². The van der Waals surface area contributed by atoms with Gasteiger partial charge in [0.1, 0.15) is 24.4 Å². The van der Waals surface area contributed by atoms with Crippen LogP contribution in [0.25, 0.3) is 0 Å². The molecule has 0 N–H and O–H groups in total. The first-order valence-corrected chi connectivity index (χ1v) is 16.7. The van der Waals surface area contributed by atoms with Gasteiger partial charge in [-0.1, -0.05) is 18.2 Å². The quantitative estimate of drug-likeness (QED) is 0.180. The topological polar surface area (TPSA) is 146 Å². The average Bonchev–Trinajstić information content (AvgIpc) is 3.94. The minimum absolute atomic E-state index is 0.115. The fourth-order valence-electron chi connectivity index (χ4n) is 8.36. The van der Waals surface area contributed by atoms with E-state index in [0.717, 1.165) is 46.2 Å². The lowest BCUT2D eigenvalue weighted by atomic mass is 9.73.